The molecule has 0 saturated carbocycles. The number of benzene rings is 1. The van der Waals surface area contributed by atoms with Crippen LogP contribution in [0, 0.1) is 0 Å². The topological polar surface area (TPSA) is 19.7 Å². The van der Waals surface area contributed by atoms with Gasteiger partial charge in [-0.25, -0.2) is 0 Å². The van der Waals surface area contributed by atoms with Crippen LogP contribution in [0.5, 0.6) is 0 Å². The first-order valence-corrected chi connectivity index (χ1v) is 4.49. The lowest BCUT2D eigenvalue weighted by Crippen LogP contribution is -2.34. The predicted octanol–water partition coefficient (Wildman–Crippen LogP) is 2.12. The largest absolute Gasteiger partial charge is 0.238 e. The third-order valence-electron chi connectivity index (χ3n) is 2.26. The van der Waals surface area contributed by atoms with E-state index < -0.39 is 0 Å². The van der Waals surface area contributed by atoms with Crippen molar-refractivity contribution in [3.8, 4) is 0 Å². The average Bonchev–Trinajstić information content (AvgIpc) is 2.56. The van der Waals surface area contributed by atoms with E-state index in [2.05, 4.69) is 41.5 Å². The lowest BCUT2D eigenvalue weighted by Gasteiger charge is -1.84. The minimum Gasteiger partial charge on any atom is -0.165 e. The van der Waals surface area contributed by atoms with E-state index in [0.29, 0.717) is 0 Å². The maximum atomic E-state index is 3.78. The Balaban J connectivity index is 2.81. The molecule has 1 heterocycles. The molecule has 0 radical (unpaired) electrons. The van der Waals surface area contributed by atoms with Crippen LogP contribution in [0.4, 0.5) is 0 Å². The number of hydrogen-bond donors (Lipinski definition) is 1. The molecule has 2 rings (SSSR count). The quantitative estimate of drug-likeness (QED) is 0.671. The SMILES string of the molecule is C=Cc1[nH][n+](CC)c2ccccc12. The Morgan fingerprint density at radius 2 is 2.23 bits per heavy atom. The molecule has 1 aromatic carbocycles. The number of rotatable bonds is 2. The minimum atomic E-state index is 0.953. The van der Waals surface area contributed by atoms with Crippen LogP contribution < -0.4 is 4.68 Å². The van der Waals surface area contributed by atoms with E-state index in [1.807, 2.05) is 12.1 Å². The summed E-state index contributed by atoms with van der Waals surface area (Å²) < 4.78 is 2.12. The number of fused-ring (bicyclic) bond motifs is 1. The number of nitrogens with one attached hydrogen (secondary N) is 1. The second-order valence-electron chi connectivity index (χ2n) is 2.99. The van der Waals surface area contributed by atoms with Gasteiger partial charge in [-0.1, -0.05) is 18.7 Å². The van der Waals surface area contributed by atoms with Gasteiger partial charge in [-0.15, -0.1) is 4.68 Å². The van der Waals surface area contributed by atoms with Crippen LogP contribution in [-0.4, -0.2) is 5.10 Å². The molecule has 2 aromatic rings. The normalized spacial score (nSPS) is 10.5. The maximum absolute atomic E-state index is 3.78. The number of hydrogen-bond acceptors (Lipinski definition) is 0. The highest BCUT2D eigenvalue weighted by molar-refractivity contribution is 5.83. The number of aryl methyl sites for hydroxylation is 1. The summed E-state index contributed by atoms with van der Waals surface area (Å²) in [7, 11) is 0. The third kappa shape index (κ3) is 1.15. The average molecular weight is 173 g/mol. The molecule has 1 aromatic heterocycles. The third-order valence-corrected chi connectivity index (χ3v) is 2.26. The molecular formula is C11H13N2+. The fourth-order valence-electron chi connectivity index (χ4n) is 1.61. The van der Waals surface area contributed by atoms with Gasteiger partial charge in [-0.05, 0) is 19.1 Å². The molecule has 0 spiro atoms. The second kappa shape index (κ2) is 3.05. The van der Waals surface area contributed by atoms with Crippen molar-refractivity contribution in [1.82, 2.24) is 5.10 Å². The Morgan fingerprint density at radius 3 is 2.92 bits per heavy atom. The fourth-order valence-corrected chi connectivity index (χ4v) is 1.61. The van der Waals surface area contributed by atoms with E-state index in [9.17, 15) is 0 Å². The van der Waals surface area contributed by atoms with Crippen LogP contribution in [0.1, 0.15) is 12.6 Å². The Bertz CT molecular complexity index is 440. The molecule has 2 heteroatoms. The van der Waals surface area contributed by atoms with Crippen LogP contribution in [0.15, 0.2) is 30.8 Å². The van der Waals surface area contributed by atoms with Gasteiger partial charge < -0.3 is 0 Å². The molecule has 1 N–H and O–H groups in total. The highest BCUT2D eigenvalue weighted by Gasteiger charge is 2.12. The van der Waals surface area contributed by atoms with Gasteiger partial charge in [0.2, 0.25) is 5.52 Å². The highest BCUT2D eigenvalue weighted by Crippen LogP contribution is 2.14. The molecule has 0 fully saturated rings. The van der Waals surface area contributed by atoms with Gasteiger partial charge in [0.1, 0.15) is 5.69 Å². The van der Waals surface area contributed by atoms with Crippen molar-refractivity contribution in [3.05, 3.63) is 36.5 Å². The molecule has 0 aliphatic heterocycles. The summed E-state index contributed by atoms with van der Waals surface area (Å²) >= 11 is 0. The van der Waals surface area contributed by atoms with Crippen molar-refractivity contribution in [2.45, 2.75) is 13.5 Å². The van der Waals surface area contributed by atoms with Gasteiger partial charge in [-0.2, -0.15) is 5.10 Å². The zero-order valence-corrected chi connectivity index (χ0v) is 7.75. The van der Waals surface area contributed by atoms with Gasteiger partial charge in [0.25, 0.3) is 0 Å². The molecule has 0 aliphatic rings. The smallest absolute Gasteiger partial charge is 0.165 e. The standard InChI is InChI=1S/C11H12N2/c1-3-10-9-7-5-6-8-11(9)13(4-2)12-10/h3,5-8H,1,4H2,2H3/p+1. The van der Waals surface area contributed by atoms with Gasteiger partial charge in [0.05, 0.1) is 5.39 Å². The van der Waals surface area contributed by atoms with Gasteiger partial charge in [0.15, 0.2) is 6.54 Å². The molecule has 2 nitrogen and oxygen atoms in total. The van der Waals surface area contributed by atoms with E-state index in [-0.39, 0.29) is 0 Å². The Morgan fingerprint density at radius 1 is 1.46 bits per heavy atom. The molecule has 66 valence electrons. The van der Waals surface area contributed by atoms with Crippen LogP contribution in [0.3, 0.4) is 0 Å². The van der Waals surface area contributed by atoms with Crippen molar-refractivity contribution in [2.24, 2.45) is 0 Å². The molecule has 13 heavy (non-hydrogen) atoms. The number of aromatic nitrogens is 2. The van der Waals surface area contributed by atoms with Crippen molar-refractivity contribution in [1.29, 1.82) is 0 Å². The first-order chi connectivity index (χ1) is 6.36. The van der Waals surface area contributed by atoms with E-state index in [4.69, 9.17) is 0 Å². The Hall–Kier alpha value is -1.57. The number of para-hydroxylation sites is 1. The van der Waals surface area contributed by atoms with Crippen LogP contribution in [-0.2, 0) is 6.54 Å². The van der Waals surface area contributed by atoms with E-state index in [0.717, 1.165) is 12.2 Å². The molecule has 0 aliphatic carbocycles. The van der Waals surface area contributed by atoms with Gasteiger partial charge in [0, 0.05) is 6.07 Å². The zero-order valence-electron chi connectivity index (χ0n) is 7.75. The number of H-pyrrole nitrogens is 1. The van der Waals surface area contributed by atoms with Gasteiger partial charge >= 0.3 is 0 Å². The zero-order chi connectivity index (χ0) is 9.26. The number of nitrogens with zero attached hydrogens (tertiary/aromatic N) is 1. The Labute approximate surface area is 77.5 Å². The summed E-state index contributed by atoms with van der Waals surface area (Å²) in [5.41, 5.74) is 2.33. The van der Waals surface area contributed by atoms with E-state index >= 15 is 0 Å². The summed E-state index contributed by atoms with van der Waals surface area (Å²) in [4.78, 5) is 0. The lowest BCUT2D eigenvalue weighted by atomic mass is 10.2. The van der Waals surface area contributed by atoms with Crippen LogP contribution >= 0.6 is 0 Å². The second-order valence-corrected chi connectivity index (χ2v) is 2.99. The summed E-state index contributed by atoms with van der Waals surface area (Å²) in [5.74, 6) is 0. The monoisotopic (exact) mass is 173 g/mol. The molecule has 0 unspecified atom stereocenters. The van der Waals surface area contributed by atoms with Crippen LogP contribution in [0.2, 0.25) is 0 Å². The molecule has 0 atom stereocenters. The minimum absolute atomic E-state index is 0.953. The summed E-state index contributed by atoms with van der Waals surface area (Å²) in [6, 6.07) is 8.32. The van der Waals surface area contributed by atoms with Crippen LogP contribution in [0.25, 0.3) is 17.0 Å². The lowest BCUT2D eigenvalue weighted by molar-refractivity contribution is -0.723. The molecule has 0 amide bonds. The van der Waals surface area contributed by atoms with E-state index in [1.54, 1.807) is 0 Å². The van der Waals surface area contributed by atoms with Crippen molar-refractivity contribution < 1.29 is 4.68 Å². The fraction of sp³-hybridized carbons (Fsp3) is 0.182. The van der Waals surface area contributed by atoms with Crippen molar-refractivity contribution in [2.75, 3.05) is 0 Å². The molecular weight excluding hydrogens is 160 g/mol. The molecule has 0 bridgehead atoms. The Kier molecular flexibility index (Phi) is 1.89. The maximum Gasteiger partial charge on any atom is 0.238 e. The predicted molar refractivity (Wildman–Crippen MR) is 54.3 cm³/mol. The van der Waals surface area contributed by atoms with Gasteiger partial charge in [-0.3, -0.25) is 0 Å². The summed E-state index contributed by atoms with van der Waals surface area (Å²) in [6.07, 6.45) is 1.86. The van der Waals surface area contributed by atoms with Crippen molar-refractivity contribution in [3.63, 3.8) is 0 Å². The molecule has 0 saturated heterocycles. The summed E-state index contributed by atoms with van der Waals surface area (Å²) in [6.45, 7) is 6.86. The highest BCUT2D eigenvalue weighted by atomic mass is 15.3. The first-order valence-electron chi connectivity index (χ1n) is 4.49. The van der Waals surface area contributed by atoms with E-state index in [1.165, 1.54) is 10.9 Å². The first kappa shape index (κ1) is 8.05. The summed E-state index contributed by atoms with van der Waals surface area (Å²) in [5, 5.41) is 4.52. The number of aromatic amines is 1. The van der Waals surface area contributed by atoms with Crippen molar-refractivity contribution >= 4 is 17.0 Å².